The lowest BCUT2D eigenvalue weighted by atomic mass is 10.2. The Morgan fingerprint density at radius 2 is 1.83 bits per heavy atom. The Bertz CT molecular complexity index is 649. The monoisotopic (exact) mass is 381 g/mol. The molecular weight excluding hydrogens is 369 g/mol. The van der Waals surface area contributed by atoms with Gasteiger partial charge in [-0.3, -0.25) is 4.79 Å². The zero-order valence-electron chi connectivity index (χ0n) is 12.1. The molecule has 0 N–H and O–H groups in total. The molecule has 1 aromatic rings. The molecule has 120 valence electrons. The van der Waals surface area contributed by atoms with Crippen molar-refractivity contribution >= 4 is 27.8 Å². The molecule has 0 radical (unpaired) electrons. The van der Waals surface area contributed by atoms with Crippen LogP contribution in [-0.4, -0.2) is 36.5 Å². The topological polar surface area (TPSA) is 94.2 Å². The lowest BCUT2D eigenvalue weighted by Gasteiger charge is -2.20. The third kappa shape index (κ3) is 6.05. The van der Waals surface area contributed by atoms with E-state index in [0.29, 0.717) is 4.47 Å². The molecule has 0 saturated heterocycles. The van der Waals surface area contributed by atoms with E-state index in [4.69, 9.17) is 15.3 Å². The Kier molecular flexibility index (Phi) is 7.72. The average Bonchev–Trinajstić information content (AvgIpc) is 2.54. The maximum atomic E-state index is 13.1. The first kappa shape index (κ1) is 18.6. The van der Waals surface area contributed by atoms with Gasteiger partial charge >= 0.3 is 5.97 Å². The Morgan fingerprint density at radius 3 is 2.39 bits per heavy atom. The second-order valence-electron chi connectivity index (χ2n) is 4.40. The molecule has 23 heavy (non-hydrogen) atoms. The number of hydrogen-bond donors (Lipinski definition) is 0. The number of rotatable bonds is 7. The maximum Gasteiger partial charge on any atom is 0.339 e. The van der Waals surface area contributed by atoms with Crippen LogP contribution in [0.15, 0.2) is 22.7 Å². The SMILES string of the molecule is N#CCCN(CCC#N)C(=O)COC(=O)c1cc(F)ccc1Br. The lowest BCUT2D eigenvalue weighted by Crippen LogP contribution is -2.36. The highest BCUT2D eigenvalue weighted by atomic mass is 79.9. The van der Waals surface area contributed by atoms with Gasteiger partial charge in [-0.2, -0.15) is 10.5 Å². The fraction of sp³-hybridized carbons (Fsp3) is 0.333. The van der Waals surface area contributed by atoms with Crippen molar-refractivity contribution in [3.05, 3.63) is 34.1 Å². The number of esters is 1. The van der Waals surface area contributed by atoms with Gasteiger partial charge in [0.05, 0.1) is 30.5 Å². The standard InChI is InChI=1S/C15H13BrFN3O3/c16-13-4-3-11(17)9-12(13)15(22)23-10-14(21)20(7-1-5-18)8-2-6-19/h3-4,9H,1-2,7-8,10H2. The number of nitriles is 2. The molecule has 0 fully saturated rings. The van der Waals surface area contributed by atoms with E-state index in [0.717, 1.165) is 6.07 Å². The van der Waals surface area contributed by atoms with Crippen molar-refractivity contribution in [2.24, 2.45) is 0 Å². The van der Waals surface area contributed by atoms with Crippen LogP contribution in [0, 0.1) is 28.5 Å². The molecule has 1 aromatic carbocycles. The number of benzene rings is 1. The van der Waals surface area contributed by atoms with Crippen LogP contribution < -0.4 is 0 Å². The zero-order valence-corrected chi connectivity index (χ0v) is 13.7. The number of halogens is 2. The number of hydrogen-bond acceptors (Lipinski definition) is 5. The number of nitrogens with zero attached hydrogens (tertiary/aromatic N) is 3. The van der Waals surface area contributed by atoms with Crippen molar-refractivity contribution in [1.29, 1.82) is 10.5 Å². The molecule has 0 spiro atoms. The van der Waals surface area contributed by atoms with Crippen molar-refractivity contribution in [2.75, 3.05) is 19.7 Å². The van der Waals surface area contributed by atoms with Gasteiger partial charge in [-0.05, 0) is 34.1 Å². The fourth-order valence-corrected chi connectivity index (χ4v) is 2.09. The highest BCUT2D eigenvalue weighted by Crippen LogP contribution is 2.18. The Balaban J connectivity index is 2.65. The molecule has 0 aliphatic rings. The molecule has 1 rings (SSSR count). The predicted octanol–water partition coefficient (Wildman–Crippen LogP) is 2.40. The first-order valence-electron chi connectivity index (χ1n) is 6.63. The largest absolute Gasteiger partial charge is 0.452 e. The highest BCUT2D eigenvalue weighted by Gasteiger charge is 2.18. The average molecular weight is 382 g/mol. The van der Waals surface area contributed by atoms with Crippen LogP contribution in [0.1, 0.15) is 23.2 Å². The van der Waals surface area contributed by atoms with Crippen molar-refractivity contribution in [1.82, 2.24) is 4.90 Å². The molecule has 1 amide bonds. The third-order valence-corrected chi connectivity index (χ3v) is 3.51. The maximum absolute atomic E-state index is 13.1. The van der Waals surface area contributed by atoms with E-state index in [1.807, 2.05) is 12.1 Å². The van der Waals surface area contributed by atoms with Gasteiger partial charge in [0.25, 0.3) is 5.91 Å². The summed E-state index contributed by atoms with van der Waals surface area (Å²) in [5, 5.41) is 17.1. The van der Waals surface area contributed by atoms with Gasteiger partial charge in [-0.1, -0.05) is 0 Å². The Morgan fingerprint density at radius 1 is 1.22 bits per heavy atom. The van der Waals surface area contributed by atoms with Crippen LogP contribution in [0.4, 0.5) is 4.39 Å². The summed E-state index contributed by atoms with van der Waals surface area (Å²) in [4.78, 5) is 25.1. The van der Waals surface area contributed by atoms with E-state index >= 15 is 0 Å². The summed E-state index contributed by atoms with van der Waals surface area (Å²) in [6, 6.07) is 7.34. The summed E-state index contributed by atoms with van der Waals surface area (Å²) in [5.41, 5.74) is -0.0293. The summed E-state index contributed by atoms with van der Waals surface area (Å²) in [5.74, 6) is -1.96. The van der Waals surface area contributed by atoms with E-state index in [9.17, 15) is 14.0 Å². The lowest BCUT2D eigenvalue weighted by molar-refractivity contribution is -0.134. The molecule has 0 atom stereocenters. The molecule has 0 bridgehead atoms. The van der Waals surface area contributed by atoms with Gasteiger partial charge in [0.1, 0.15) is 5.82 Å². The Labute approximate surface area is 141 Å². The van der Waals surface area contributed by atoms with Crippen molar-refractivity contribution in [3.8, 4) is 12.1 Å². The molecule has 0 aliphatic heterocycles. The minimum Gasteiger partial charge on any atom is -0.452 e. The fourth-order valence-electron chi connectivity index (χ4n) is 1.68. The molecule has 8 heteroatoms. The number of amides is 1. The van der Waals surface area contributed by atoms with Crippen LogP contribution in [0.2, 0.25) is 0 Å². The van der Waals surface area contributed by atoms with E-state index in [-0.39, 0.29) is 31.5 Å². The molecule has 0 unspecified atom stereocenters. The van der Waals surface area contributed by atoms with Crippen molar-refractivity contribution in [2.45, 2.75) is 12.8 Å². The summed E-state index contributed by atoms with van der Waals surface area (Å²) >= 11 is 3.10. The summed E-state index contributed by atoms with van der Waals surface area (Å²) < 4.78 is 18.4. The number of carbonyl (C=O) groups excluding carboxylic acids is 2. The third-order valence-electron chi connectivity index (χ3n) is 2.81. The van der Waals surface area contributed by atoms with E-state index < -0.39 is 24.3 Å². The van der Waals surface area contributed by atoms with E-state index in [1.165, 1.54) is 17.0 Å². The minimum atomic E-state index is -0.842. The molecule has 6 nitrogen and oxygen atoms in total. The quantitative estimate of drug-likeness (QED) is 0.675. The number of ether oxygens (including phenoxy) is 1. The van der Waals surface area contributed by atoms with Crippen LogP contribution in [0.25, 0.3) is 0 Å². The second-order valence-corrected chi connectivity index (χ2v) is 5.25. The molecule has 0 aromatic heterocycles. The van der Waals surface area contributed by atoms with E-state index in [2.05, 4.69) is 15.9 Å². The van der Waals surface area contributed by atoms with E-state index in [1.54, 1.807) is 0 Å². The smallest absolute Gasteiger partial charge is 0.339 e. The van der Waals surface area contributed by atoms with Gasteiger partial charge in [0.15, 0.2) is 6.61 Å². The molecule has 0 heterocycles. The first-order chi connectivity index (χ1) is 11.0. The van der Waals surface area contributed by atoms with Crippen LogP contribution >= 0.6 is 15.9 Å². The van der Waals surface area contributed by atoms with Crippen molar-refractivity contribution in [3.63, 3.8) is 0 Å². The summed E-state index contributed by atoms with van der Waals surface area (Å²) in [6.45, 7) is -0.241. The van der Waals surface area contributed by atoms with Crippen LogP contribution in [0.5, 0.6) is 0 Å². The van der Waals surface area contributed by atoms with Crippen LogP contribution in [0.3, 0.4) is 0 Å². The predicted molar refractivity (Wildman–Crippen MR) is 81.4 cm³/mol. The van der Waals surface area contributed by atoms with Gasteiger partial charge < -0.3 is 9.64 Å². The van der Waals surface area contributed by atoms with Crippen LogP contribution in [-0.2, 0) is 9.53 Å². The summed E-state index contributed by atoms with van der Waals surface area (Å²) in [7, 11) is 0. The second kappa shape index (κ2) is 9.54. The first-order valence-corrected chi connectivity index (χ1v) is 7.42. The highest BCUT2D eigenvalue weighted by molar-refractivity contribution is 9.10. The molecule has 0 aliphatic carbocycles. The van der Waals surface area contributed by atoms with Gasteiger partial charge in [-0.25, -0.2) is 9.18 Å². The zero-order chi connectivity index (χ0) is 17.2. The van der Waals surface area contributed by atoms with Gasteiger partial charge in [-0.15, -0.1) is 0 Å². The molecular formula is C15H13BrFN3O3. The Hall–Kier alpha value is -2.45. The minimum absolute atomic E-state index is 0.0293. The van der Waals surface area contributed by atoms with Crippen molar-refractivity contribution < 1.29 is 18.7 Å². The summed E-state index contributed by atoms with van der Waals surface area (Å²) in [6.07, 6.45) is 0.223. The molecule has 0 saturated carbocycles. The normalized spacial score (nSPS) is 9.57. The van der Waals surface area contributed by atoms with Gasteiger partial charge in [0, 0.05) is 17.6 Å². The number of carbonyl (C=O) groups is 2. The van der Waals surface area contributed by atoms with Gasteiger partial charge in [0.2, 0.25) is 0 Å².